The number of hydrogen-bond donors (Lipinski definition) is 1. The van der Waals surface area contributed by atoms with E-state index in [2.05, 4.69) is 5.32 Å². The van der Waals surface area contributed by atoms with Crippen LogP contribution in [0.3, 0.4) is 0 Å². The van der Waals surface area contributed by atoms with Gasteiger partial charge in [-0.1, -0.05) is 30.3 Å². The summed E-state index contributed by atoms with van der Waals surface area (Å²) in [5.74, 6) is -0.123. The van der Waals surface area contributed by atoms with E-state index in [0.29, 0.717) is 45.5 Å². The number of amides is 4. The third-order valence-corrected chi connectivity index (χ3v) is 6.33. The fraction of sp³-hybridized carbons (Fsp3) is 0.625. The first kappa shape index (κ1) is 23.4. The van der Waals surface area contributed by atoms with Crippen LogP contribution in [-0.2, 0) is 21.0 Å². The van der Waals surface area contributed by atoms with E-state index in [-0.39, 0.29) is 30.1 Å². The van der Waals surface area contributed by atoms with Crippen LogP contribution in [0.1, 0.15) is 52.0 Å². The molecule has 0 aromatic heterocycles. The zero-order valence-electron chi connectivity index (χ0n) is 19.7. The van der Waals surface area contributed by atoms with Gasteiger partial charge in [-0.25, -0.2) is 9.59 Å². The fourth-order valence-corrected chi connectivity index (χ4v) is 4.62. The molecule has 0 spiro atoms. The lowest BCUT2D eigenvalue weighted by atomic mass is 9.99. The molecular formula is C24H34N4O5. The molecule has 4 rings (SSSR count). The van der Waals surface area contributed by atoms with E-state index in [1.54, 1.807) is 9.80 Å². The second-order valence-corrected chi connectivity index (χ2v) is 10.0. The van der Waals surface area contributed by atoms with Gasteiger partial charge in [0.1, 0.15) is 18.2 Å². The number of nitrogens with zero attached hydrogens (tertiary/aromatic N) is 3. The number of ether oxygens (including phenoxy) is 1. The van der Waals surface area contributed by atoms with E-state index in [4.69, 9.17) is 9.57 Å². The van der Waals surface area contributed by atoms with Crippen LogP contribution in [0, 0.1) is 0 Å². The van der Waals surface area contributed by atoms with Gasteiger partial charge in [0.2, 0.25) is 5.91 Å². The molecule has 180 valence electrons. The molecule has 3 heterocycles. The Labute approximate surface area is 194 Å². The maximum Gasteiger partial charge on any atom is 0.410 e. The molecule has 0 aliphatic carbocycles. The van der Waals surface area contributed by atoms with Gasteiger partial charge in [0.05, 0.1) is 6.04 Å². The van der Waals surface area contributed by atoms with Crippen molar-refractivity contribution in [2.75, 3.05) is 19.6 Å². The zero-order chi connectivity index (χ0) is 23.6. The van der Waals surface area contributed by atoms with Crippen LogP contribution in [0.25, 0.3) is 0 Å². The van der Waals surface area contributed by atoms with Gasteiger partial charge in [0.25, 0.3) is 0 Å². The molecule has 2 bridgehead atoms. The van der Waals surface area contributed by atoms with E-state index in [1.165, 1.54) is 5.06 Å². The summed E-state index contributed by atoms with van der Waals surface area (Å²) in [5.41, 5.74) is 0.468. The Morgan fingerprint density at radius 2 is 1.76 bits per heavy atom. The minimum absolute atomic E-state index is 0.0166. The summed E-state index contributed by atoms with van der Waals surface area (Å²) in [6, 6.07) is 8.95. The van der Waals surface area contributed by atoms with Crippen LogP contribution in [-0.4, -0.2) is 76.3 Å². The summed E-state index contributed by atoms with van der Waals surface area (Å²) in [7, 11) is 0. The molecule has 0 saturated carbocycles. The van der Waals surface area contributed by atoms with Gasteiger partial charge >= 0.3 is 12.1 Å². The molecule has 4 amide bonds. The van der Waals surface area contributed by atoms with Crippen molar-refractivity contribution in [2.24, 2.45) is 0 Å². The first-order valence-electron chi connectivity index (χ1n) is 11.8. The van der Waals surface area contributed by atoms with Gasteiger partial charge < -0.3 is 19.9 Å². The third-order valence-electron chi connectivity index (χ3n) is 6.33. The zero-order valence-corrected chi connectivity index (χ0v) is 19.7. The smallest absolute Gasteiger partial charge is 0.410 e. The SMILES string of the molecule is CC(C)(C)OC(=O)N1CCC(NC(=O)[C@H]2CC[C@@H]3CN2C(=O)N3OCc2ccccc2)CC1. The summed E-state index contributed by atoms with van der Waals surface area (Å²) in [5, 5.41) is 4.55. The largest absolute Gasteiger partial charge is 0.444 e. The van der Waals surface area contributed by atoms with Crippen molar-refractivity contribution >= 4 is 18.0 Å². The Bertz CT molecular complexity index is 863. The number of likely N-dealkylation sites (tertiary alicyclic amines) is 1. The number of nitrogens with one attached hydrogen (secondary N) is 1. The van der Waals surface area contributed by atoms with Crippen molar-refractivity contribution in [3.8, 4) is 0 Å². The monoisotopic (exact) mass is 458 g/mol. The number of benzene rings is 1. The van der Waals surface area contributed by atoms with Gasteiger partial charge in [-0.05, 0) is 52.0 Å². The van der Waals surface area contributed by atoms with Crippen LogP contribution >= 0.6 is 0 Å². The predicted octanol–water partition coefficient (Wildman–Crippen LogP) is 2.90. The van der Waals surface area contributed by atoms with Crippen molar-refractivity contribution in [1.82, 2.24) is 20.2 Å². The van der Waals surface area contributed by atoms with Crippen LogP contribution in [0.2, 0.25) is 0 Å². The normalized spacial score (nSPS) is 23.6. The Morgan fingerprint density at radius 1 is 1.06 bits per heavy atom. The Morgan fingerprint density at radius 3 is 2.42 bits per heavy atom. The highest BCUT2D eigenvalue weighted by Crippen LogP contribution is 2.31. The van der Waals surface area contributed by atoms with Crippen LogP contribution in [0.15, 0.2) is 30.3 Å². The summed E-state index contributed by atoms with van der Waals surface area (Å²) in [6.07, 6.45) is 2.36. The molecule has 1 aromatic carbocycles. The summed E-state index contributed by atoms with van der Waals surface area (Å²) in [4.78, 5) is 47.3. The average Bonchev–Trinajstić information content (AvgIpc) is 3.01. The summed E-state index contributed by atoms with van der Waals surface area (Å²) in [6.45, 7) is 7.44. The third kappa shape index (κ3) is 5.58. The number of urea groups is 1. The minimum Gasteiger partial charge on any atom is -0.444 e. The molecule has 2 atom stereocenters. The Kier molecular flexibility index (Phi) is 6.78. The van der Waals surface area contributed by atoms with Crippen LogP contribution in [0.4, 0.5) is 9.59 Å². The van der Waals surface area contributed by atoms with Crippen LogP contribution < -0.4 is 5.32 Å². The molecule has 9 nitrogen and oxygen atoms in total. The number of hydrogen-bond acceptors (Lipinski definition) is 5. The molecule has 33 heavy (non-hydrogen) atoms. The van der Waals surface area contributed by atoms with Gasteiger partial charge in [-0.2, -0.15) is 5.06 Å². The number of fused-ring (bicyclic) bond motifs is 2. The van der Waals surface area contributed by atoms with Gasteiger partial charge in [0.15, 0.2) is 0 Å². The second-order valence-electron chi connectivity index (χ2n) is 10.0. The molecule has 3 fully saturated rings. The predicted molar refractivity (Wildman–Crippen MR) is 121 cm³/mol. The molecule has 0 unspecified atom stereocenters. The number of piperidine rings is 2. The lowest BCUT2D eigenvalue weighted by Crippen LogP contribution is -2.54. The molecule has 1 N–H and O–H groups in total. The number of carbonyl (C=O) groups is 3. The van der Waals surface area contributed by atoms with E-state index < -0.39 is 11.6 Å². The molecule has 1 aromatic rings. The molecule has 3 aliphatic rings. The van der Waals surface area contributed by atoms with E-state index in [9.17, 15) is 14.4 Å². The molecule has 0 radical (unpaired) electrons. The van der Waals surface area contributed by atoms with Gasteiger partial charge in [0, 0.05) is 25.7 Å². The highest BCUT2D eigenvalue weighted by molar-refractivity contribution is 5.88. The number of carbonyl (C=O) groups excluding carboxylic acids is 3. The highest BCUT2D eigenvalue weighted by atomic mass is 16.7. The number of rotatable bonds is 5. The number of hydroxylamine groups is 2. The van der Waals surface area contributed by atoms with Crippen molar-refractivity contribution in [1.29, 1.82) is 0 Å². The van der Waals surface area contributed by atoms with E-state index in [0.717, 1.165) is 12.0 Å². The van der Waals surface area contributed by atoms with E-state index in [1.807, 2.05) is 51.1 Å². The Balaban J connectivity index is 1.26. The Hall–Kier alpha value is -2.81. The van der Waals surface area contributed by atoms with Crippen LogP contribution in [0.5, 0.6) is 0 Å². The molecule has 9 heteroatoms. The lowest BCUT2D eigenvalue weighted by Gasteiger charge is -2.35. The summed E-state index contributed by atoms with van der Waals surface area (Å²) < 4.78 is 5.43. The summed E-state index contributed by atoms with van der Waals surface area (Å²) >= 11 is 0. The average molecular weight is 459 g/mol. The van der Waals surface area contributed by atoms with Gasteiger partial charge in [-0.15, -0.1) is 0 Å². The molecule has 3 saturated heterocycles. The highest BCUT2D eigenvalue weighted by Gasteiger charge is 2.48. The molecule has 3 aliphatic heterocycles. The molecular weight excluding hydrogens is 424 g/mol. The van der Waals surface area contributed by atoms with E-state index >= 15 is 0 Å². The fourth-order valence-electron chi connectivity index (χ4n) is 4.62. The maximum absolute atomic E-state index is 13.0. The maximum atomic E-state index is 13.0. The van der Waals surface area contributed by atoms with Crippen molar-refractivity contribution < 1.29 is 24.0 Å². The van der Waals surface area contributed by atoms with Crippen molar-refractivity contribution in [3.63, 3.8) is 0 Å². The second kappa shape index (κ2) is 9.59. The first-order chi connectivity index (χ1) is 15.7. The van der Waals surface area contributed by atoms with Crippen molar-refractivity contribution in [3.05, 3.63) is 35.9 Å². The standard InChI is InChI=1S/C24H34N4O5/c1-24(2,3)33-23(31)26-13-11-18(12-14-26)25-21(29)20-10-9-19-15-27(20)22(30)28(19)32-16-17-7-5-4-6-8-17/h4-8,18-20H,9-16H2,1-3H3,(H,25,29)/t19-,20-/m1/s1. The quantitative estimate of drug-likeness (QED) is 0.733. The minimum atomic E-state index is -0.526. The first-order valence-corrected chi connectivity index (χ1v) is 11.8. The van der Waals surface area contributed by atoms with Crippen molar-refractivity contribution in [2.45, 2.75) is 76.8 Å². The topological polar surface area (TPSA) is 91.4 Å². The lowest BCUT2D eigenvalue weighted by molar-refractivity contribution is -0.140. The van der Waals surface area contributed by atoms with Gasteiger partial charge in [-0.3, -0.25) is 9.63 Å².